The molecule has 2 nitrogen and oxygen atoms in total. The van der Waals surface area contributed by atoms with Gasteiger partial charge in [0.2, 0.25) is 0 Å². The Labute approximate surface area is 95.5 Å². The Morgan fingerprint density at radius 1 is 1.19 bits per heavy atom. The van der Waals surface area contributed by atoms with Gasteiger partial charge in [-0.1, -0.05) is 18.2 Å². The van der Waals surface area contributed by atoms with Crippen molar-refractivity contribution in [3.63, 3.8) is 0 Å². The van der Waals surface area contributed by atoms with E-state index in [1.165, 1.54) is 29.2 Å². The summed E-state index contributed by atoms with van der Waals surface area (Å²) >= 11 is 0. The van der Waals surface area contributed by atoms with Crippen LogP contribution in [0.15, 0.2) is 36.7 Å². The van der Waals surface area contributed by atoms with E-state index in [-0.39, 0.29) is 5.54 Å². The van der Waals surface area contributed by atoms with Crippen LogP contribution in [0.25, 0.3) is 10.8 Å². The third-order valence-corrected chi connectivity index (χ3v) is 3.51. The number of benzene rings is 1. The van der Waals surface area contributed by atoms with Gasteiger partial charge in [-0.3, -0.25) is 4.98 Å². The number of aromatic nitrogens is 1. The second-order valence-corrected chi connectivity index (χ2v) is 4.92. The Hall–Kier alpha value is -1.41. The highest BCUT2D eigenvalue weighted by Crippen LogP contribution is 2.36. The molecule has 0 radical (unpaired) electrons. The van der Waals surface area contributed by atoms with Gasteiger partial charge in [0.15, 0.2) is 0 Å². The number of hydrogen-bond acceptors (Lipinski definition) is 2. The van der Waals surface area contributed by atoms with E-state index in [9.17, 15) is 0 Å². The molecule has 1 heterocycles. The minimum atomic E-state index is 0.160. The van der Waals surface area contributed by atoms with E-state index < -0.39 is 0 Å². The van der Waals surface area contributed by atoms with Crippen molar-refractivity contribution in [2.24, 2.45) is 5.73 Å². The van der Waals surface area contributed by atoms with Crippen LogP contribution < -0.4 is 5.73 Å². The van der Waals surface area contributed by atoms with Crippen LogP contribution in [0.2, 0.25) is 0 Å². The van der Waals surface area contributed by atoms with Crippen molar-refractivity contribution in [3.8, 4) is 0 Å². The van der Waals surface area contributed by atoms with Crippen LogP contribution in [-0.2, 0) is 6.42 Å². The zero-order chi connectivity index (χ0) is 11.0. The molecular formula is C14H16N2. The molecule has 3 rings (SSSR count). The summed E-state index contributed by atoms with van der Waals surface area (Å²) in [5.74, 6) is 0. The molecule has 0 aliphatic heterocycles. The van der Waals surface area contributed by atoms with Gasteiger partial charge in [0, 0.05) is 23.3 Å². The first-order chi connectivity index (χ1) is 7.75. The molecule has 1 aromatic carbocycles. The summed E-state index contributed by atoms with van der Waals surface area (Å²) in [6.07, 6.45) is 8.36. The van der Waals surface area contributed by atoms with Gasteiger partial charge in [0.1, 0.15) is 0 Å². The lowest BCUT2D eigenvalue weighted by atomic mass is 10.0. The second-order valence-electron chi connectivity index (χ2n) is 4.92. The van der Waals surface area contributed by atoms with Gasteiger partial charge < -0.3 is 5.73 Å². The lowest BCUT2D eigenvalue weighted by molar-refractivity contribution is 0.609. The summed E-state index contributed by atoms with van der Waals surface area (Å²) in [6.45, 7) is 0. The average molecular weight is 212 g/mol. The molecule has 0 atom stereocenters. The summed E-state index contributed by atoms with van der Waals surface area (Å²) in [4.78, 5) is 4.12. The molecule has 0 bridgehead atoms. The SMILES string of the molecule is NC1(CCc2ccc3cnccc3c2)CC1. The van der Waals surface area contributed by atoms with Crippen LogP contribution in [0.5, 0.6) is 0 Å². The highest BCUT2D eigenvalue weighted by atomic mass is 14.8. The molecule has 2 heteroatoms. The monoisotopic (exact) mass is 212 g/mol. The third-order valence-electron chi connectivity index (χ3n) is 3.51. The molecule has 1 fully saturated rings. The Morgan fingerprint density at radius 2 is 2.06 bits per heavy atom. The minimum absolute atomic E-state index is 0.160. The number of hydrogen-bond donors (Lipinski definition) is 1. The van der Waals surface area contributed by atoms with Crippen molar-refractivity contribution in [3.05, 3.63) is 42.2 Å². The molecule has 1 aromatic heterocycles. The molecule has 1 saturated carbocycles. The van der Waals surface area contributed by atoms with Crippen LogP contribution in [0.4, 0.5) is 0 Å². The zero-order valence-electron chi connectivity index (χ0n) is 9.32. The van der Waals surface area contributed by atoms with Gasteiger partial charge in [-0.2, -0.15) is 0 Å². The minimum Gasteiger partial charge on any atom is -0.325 e. The molecule has 16 heavy (non-hydrogen) atoms. The molecule has 2 aromatic rings. The van der Waals surface area contributed by atoms with E-state index in [4.69, 9.17) is 5.73 Å². The largest absolute Gasteiger partial charge is 0.325 e. The van der Waals surface area contributed by atoms with Gasteiger partial charge in [0.25, 0.3) is 0 Å². The van der Waals surface area contributed by atoms with Gasteiger partial charge in [-0.05, 0) is 42.7 Å². The Kier molecular flexibility index (Phi) is 2.18. The predicted octanol–water partition coefficient (Wildman–Crippen LogP) is 2.66. The number of aryl methyl sites for hydroxylation is 1. The number of nitrogens with two attached hydrogens (primary N) is 1. The summed E-state index contributed by atoms with van der Waals surface area (Å²) in [6, 6.07) is 8.65. The summed E-state index contributed by atoms with van der Waals surface area (Å²) in [5, 5.41) is 2.48. The normalized spacial score (nSPS) is 17.6. The lowest BCUT2D eigenvalue weighted by Gasteiger charge is -2.08. The molecule has 82 valence electrons. The van der Waals surface area contributed by atoms with Crippen molar-refractivity contribution in [1.29, 1.82) is 0 Å². The molecule has 2 N–H and O–H groups in total. The third kappa shape index (κ3) is 1.93. The van der Waals surface area contributed by atoms with Crippen LogP contribution in [0, 0.1) is 0 Å². The van der Waals surface area contributed by atoms with Crippen molar-refractivity contribution in [2.45, 2.75) is 31.2 Å². The summed E-state index contributed by atoms with van der Waals surface area (Å²) in [7, 11) is 0. The van der Waals surface area contributed by atoms with E-state index >= 15 is 0 Å². The molecule has 0 saturated heterocycles. The van der Waals surface area contributed by atoms with Crippen LogP contribution in [0.3, 0.4) is 0 Å². The fourth-order valence-corrected chi connectivity index (χ4v) is 2.09. The zero-order valence-corrected chi connectivity index (χ0v) is 9.32. The number of pyridine rings is 1. The van der Waals surface area contributed by atoms with Crippen LogP contribution >= 0.6 is 0 Å². The molecule has 0 amide bonds. The van der Waals surface area contributed by atoms with Crippen molar-refractivity contribution < 1.29 is 0 Å². The van der Waals surface area contributed by atoms with Gasteiger partial charge >= 0.3 is 0 Å². The summed E-state index contributed by atoms with van der Waals surface area (Å²) in [5.41, 5.74) is 7.64. The average Bonchev–Trinajstić information content (AvgIpc) is 3.05. The maximum Gasteiger partial charge on any atom is 0.0346 e. The fourth-order valence-electron chi connectivity index (χ4n) is 2.09. The lowest BCUT2D eigenvalue weighted by Crippen LogP contribution is -2.22. The highest BCUT2D eigenvalue weighted by molar-refractivity contribution is 5.81. The van der Waals surface area contributed by atoms with Crippen LogP contribution in [-0.4, -0.2) is 10.5 Å². The topological polar surface area (TPSA) is 38.9 Å². The molecule has 1 aliphatic carbocycles. The Morgan fingerprint density at radius 3 is 2.88 bits per heavy atom. The first kappa shape index (κ1) is 9.79. The second kappa shape index (κ2) is 3.56. The Bertz CT molecular complexity index is 515. The first-order valence-corrected chi connectivity index (χ1v) is 5.87. The predicted molar refractivity (Wildman–Crippen MR) is 66.2 cm³/mol. The maximum atomic E-state index is 6.10. The molecule has 1 aliphatic rings. The van der Waals surface area contributed by atoms with E-state index in [0.717, 1.165) is 12.8 Å². The highest BCUT2D eigenvalue weighted by Gasteiger charge is 2.37. The smallest absolute Gasteiger partial charge is 0.0346 e. The van der Waals surface area contributed by atoms with E-state index in [1.807, 2.05) is 12.4 Å². The maximum absolute atomic E-state index is 6.10. The van der Waals surface area contributed by atoms with Gasteiger partial charge in [-0.25, -0.2) is 0 Å². The van der Waals surface area contributed by atoms with Crippen molar-refractivity contribution in [2.75, 3.05) is 0 Å². The van der Waals surface area contributed by atoms with E-state index in [0.29, 0.717) is 0 Å². The van der Waals surface area contributed by atoms with Gasteiger partial charge in [0.05, 0.1) is 0 Å². The quantitative estimate of drug-likeness (QED) is 0.849. The first-order valence-electron chi connectivity index (χ1n) is 5.87. The molecule has 0 spiro atoms. The van der Waals surface area contributed by atoms with Crippen molar-refractivity contribution >= 4 is 10.8 Å². The number of rotatable bonds is 3. The fraction of sp³-hybridized carbons (Fsp3) is 0.357. The number of fused-ring (bicyclic) bond motifs is 1. The van der Waals surface area contributed by atoms with Gasteiger partial charge in [-0.15, -0.1) is 0 Å². The standard InChI is InChI=1S/C14H16N2/c15-14(6-7-14)5-3-11-1-2-13-10-16-8-4-12(13)9-11/h1-2,4,8-10H,3,5-7,15H2. The molecule has 0 unspecified atom stereocenters. The van der Waals surface area contributed by atoms with Crippen molar-refractivity contribution in [1.82, 2.24) is 4.98 Å². The Balaban J connectivity index is 1.81. The number of nitrogens with zero attached hydrogens (tertiary/aromatic N) is 1. The van der Waals surface area contributed by atoms with E-state index in [1.54, 1.807) is 0 Å². The van der Waals surface area contributed by atoms with E-state index in [2.05, 4.69) is 29.2 Å². The molecular weight excluding hydrogens is 196 g/mol. The summed E-state index contributed by atoms with van der Waals surface area (Å²) < 4.78 is 0. The van der Waals surface area contributed by atoms with Crippen LogP contribution in [0.1, 0.15) is 24.8 Å².